The molecule has 23 heavy (non-hydrogen) atoms. The summed E-state index contributed by atoms with van der Waals surface area (Å²) in [4.78, 5) is 15.7. The van der Waals surface area contributed by atoms with Crippen LogP contribution in [0.25, 0.3) is 17.1 Å². The molecule has 0 aliphatic heterocycles. The molecule has 1 N–H and O–H groups in total. The Hall–Kier alpha value is -2.88. The second-order valence-electron chi connectivity index (χ2n) is 5.46. The summed E-state index contributed by atoms with van der Waals surface area (Å²) in [6.07, 6.45) is 2.54. The van der Waals surface area contributed by atoms with Crippen molar-refractivity contribution in [3.63, 3.8) is 0 Å². The summed E-state index contributed by atoms with van der Waals surface area (Å²) in [5.74, 6) is -0.381. The molecular formula is C19H18N2O2. The van der Waals surface area contributed by atoms with Crippen molar-refractivity contribution in [2.24, 2.45) is 0 Å². The fourth-order valence-electron chi connectivity index (χ4n) is 2.59. The van der Waals surface area contributed by atoms with Gasteiger partial charge in [0, 0.05) is 17.4 Å². The molecule has 0 spiro atoms. The van der Waals surface area contributed by atoms with Gasteiger partial charge in [0.05, 0.1) is 0 Å². The number of aryl methyl sites for hydroxylation is 2. The summed E-state index contributed by atoms with van der Waals surface area (Å²) in [5.41, 5.74) is 4.18. The van der Waals surface area contributed by atoms with Gasteiger partial charge in [0.25, 0.3) is 0 Å². The van der Waals surface area contributed by atoms with Gasteiger partial charge in [-0.15, -0.1) is 0 Å². The van der Waals surface area contributed by atoms with E-state index in [0.717, 1.165) is 23.2 Å². The van der Waals surface area contributed by atoms with E-state index in [1.807, 2.05) is 47.9 Å². The fraction of sp³-hybridized carbons (Fsp3) is 0.158. The standard InChI is InChI=1S/C19H18N2O2/c1-3-14-8-10-15(11-9-14)21-12-17(19(22)23)20-18(21)16-7-5-4-6-13(16)2/h4-12H,3H2,1-2H3,(H,22,23). The first kappa shape index (κ1) is 15.0. The maximum Gasteiger partial charge on any atom is 0.356 e. The highest BCUT2D eigenvalue weighted by Crippen LogP contribution is 2.26. The highest BCUT2D eigenvalue weighted by atomic mass is 16.4. The Morgan fingerprint density at radius 1 is 1.13 bits per heavy atom. The zero-order valence-electron chi connectivity index (χ0n) is 13.2. The maximum absolute atomic E-state index is 11.3. The Balaban J connectivity index is 2.18. The van der Waals surface area contributed by atoms with Crippen LogP contribution < -0.4 is 0 Å². The van der Waals surface area contributed by atoms with Crippen molar-refractivity contribution in [1.29, 1.82) is 0 Å². The molecule has 0 atom stereocenters. The van der Waals surface area contributed by atoms with Gasteiger partial charge in [0.1, 0.15) is 5.82 Å². The average molecular weight is 306 g/mol. The molecule has 116 valence electrons. The number of rotatable bonds is 4. The highest BCUT2D eigenvalue weighted by molar-refractivity contribution is 5.86. The van der Waals surface area contributed by atoms with E-state index in [9.17, 15) is 9.90 Å². The van der Waals surface area contributed by atoms with E-state index in [2.05, 4.69) is 24.0 Å². The van der Waals surface area contributed by atoms with Crippen LogP contribution in [-0.4, -0.2) is 20.6 Å². The number of imidazole rings is 1. The van der Waals surface area contributed by atoms with Gasteiger partial charge < -0.3 is 5.11 Å². The Bertz CT molecular complexity index is 848. The third-order valence-electron chi connectivity index (χ3n) is 3.93. The van der Waals surface area contributed by atoms with Gasteiger partial charge in [-0.2, -0.15) is 0 Å². The minimum absolute atomic E-state index is 0.0443. The van der Waals surface area contributed by atoms with E-state index in [4.69, 9.17) is 0 Å². The minimum Gasteiger partial charge on any atom is -0.476 e. The predicted octanol–water partition coefficient (Wildman–Crippen LogP) is 4.11. The molecule has 1 heterocycles. The van der Waals surface area contributed by atoms with Gasteiger partial charge in [-0.05, 0) is 36.6 Å². The summed E-state index contributed by atoms with van der Waals surface area (Å²) in [6, 6.07) is 15.9. The molecule has 2 aromatic carbocycles. The second-order valence-corrected chi connectivity index (χ2v) is 5.46. The Kier molecular flexibility index (Phi) is 3.98. The molecule has 0 radical (unpaired) electrons. The molecule has 4 heteroatoms. The molecule has 3 rings (SSSR count). The van der Waals surface area contributed by atoms with Crippen LogP contribution in [0.15, 0.2) is 54.7 Å². The van der Waals surface area contributed by atoms with E-state index >= 15 is 0 Å². The number of nitrogens with zero attached hydrogens (tertiary/aromatic N) is 2. The number of carboxylic acids is 1. The van der Waals surface area contributed by atoms with Crippen LogP contribution in [0.4, 0.5) is 0 Å². The van der Waals surface area contributed by atoms with Gasteiger partial charge in [-0.3, -0.25) is 4.57 Å². The van der Waals surface area contributed by atoms with Crippen molar-refractivity contribution in [2.75, 3.05) is 0 Å². The SMILES string of the molecule is CCc1ccc(-n2cc(C(=O)O)nc2-c2ccccc2C)cc1. The molecule has 1 aromatic heterocycles. The molecule has 0 unspecified atom stereocenters. The van der Waals surface area contributed by atoms with Gasteiger partial charge in [-0.1, -0.05) is 43.3 Å². The maximum atomic E-state index is 11.3. The number of hydrogen-bond acceptors (Lipinski definition) is 2. The van der Waals surface area contributed by atoms with Crippen LogP contribution in [0.5, 0.6) is 0 Å². The lowest BCUT2D eigenvalue weighted by molar-refractivity contribution is 0.0691. The molecule has 3 aromatic rings. The topological polar surface area (TPSA) is 55.1 Å². The Morgan fingerprint density at radius 3 is 2.43 bits per heavy atom. The smallest absolute Gasteiger partial charge is 0.356 e. The number of aromatic carboxylic acids is 1. The van der Waals surface area contributed by atoms with Crippen LogP contribution in [0.3, 0.4) is 0 Å². The number of carboxylic acid groups (broad SMARTS) is 1. The third kappa shape index (κ3) is 2.88. The van der Waals surface area contributed by atoms with Crippen molar-refractivity contribution in [3.8, 4) is 17.1 Å². The number of hydrogen-bond donors (Lipinski definition) is 1. The molecule has 0 saturated heterocycles. The van der Waals surface area contributed by atoms with Crippen LogP contribution in [0, 0.1) is 6.92 Å². The van der Waals surface area contributed by atoms with Crippen molar-refractivity contribution in [3.05, 3.63) is 71.5 Å². The fourth-order valence-corrected chi connectivity index (χ4v) is 2.59. The molecule has 4 nitrogen and oxygen atoms in total. The van der Waals surface area contributed by atoms with Crippen LogP contribution in [0.2, 0.25) is 0 Å². The average Bonchev–Trinajstić information content (AvgIpc) is 3.01. The lowest BCUT2D eigenvalue weighted by Crippen LogP contribution is -1.97. The van der Waals surface area contributed by atoms with Gasteiger partial charge in [0.15, 0.2) is 5.69 Å². The minimum atomic E-state index is -1.02. The lowest BCUT2D eigenvalue weighted by atomic mass is 10.1. The zero-order valence-corrected chi connectivity index (χ0v) is 13.2. The van der Waals surface area contributed by atoms with Gasteiger partial charge >= 0.3 is 5.97 Å². The quantitative estimate of drug-likeness (QED) is 0.789. The van der Waals surface area contributed by atoms with E-state index in [-0.39, 0.29) is 5.69 Å². The summed E-state index contributed by atoms with van der Waals surface area (Å²) in [5, 5.41) is 9.29. The largest absolute Gasteiger partial charge is 0.476 e. The van der Waals surface area contributed by atoms with Crippen molar-refractivity contribution >= 4 is 5.97 Å². The van der Waals surface area contributed by atoms with E-state index in [1.54, 1.807) is 6.20 Å². The molecule has 0 aliphatic carbocycles. The zero-order chi connectivity index (χ0) is 16.4. The molecule has 0 aliphatic rings. The molecule has 0 fully saturated rings. The van der Waals surface area contributed by atoms with Crippen molar-refractivity contribution in [2.45, 2.75) is 20.3 Å². The normalized spacial score (nSPS) is 10.7. The Labute approximate surface area is 135 Å². The number of aromatic nitrogens is 2. The van der Waals surface area contributed by atoms with Crippen molar-refractivity contribution < 1.29 is 9.90 Å². The predicted molar refractivity (Wildman–Crippen MR) is 90.1 cm³/mol. The summed E-state index contributed by atoms with van der Waals surface area (Å²) in [6.45, 7) is 4.10. The third-order valence-corrected chi connectivity index (χ3v) is 3.93. The van der Waals surface area contributed by atoms with Gasteiger partial charge in [0.2, 0.25) is 0 Å². The van der Waals surface area contributed by atoms with E-state index in [0.29, 0.717) is 5.82 Å². The number of benzene rings is 2. The van der Waals surface area contributed by atoms with E-state index in [1.165, 1.54) is 5.56 Å². The molecular weight excluding hydrogens is 288 g/mol. The highest BCUT2D eigenvalue weighted by Gasteiger charge is 2.17. The van der Waals surface area contributed by atoms with Crippen LogP contribution in [0.1, 0.15) is 28.5 Å². The summed E-state index contributed by atoms with van der Waals surface area (Å²) >= 11 is 0. The number of carbonyl (C=O) groups is 1. The van der Waals surface area contributed by atoms with Gasteiger partial charge in [-0.25, -0.2) is 9.78 Å². The molecule has 0 bridgehead atoms. The van der Waals surface area contributed by atoms with Crippen molar-refractivity contribution in [1.82, 2.24) is 9.55 Å². The van der Waals surface area contributed by atoms with E-state index < -0.39 is 5.97 Å². The summed E-state index contributed by atoms with van der Waals surface area (Å²) in [7, 11) is 0. The van der Waals surface area contributed by atoms with Crippen LogP contribution in [-0.2, 0) is 6.42 Å². The second kappa shape index (κ2) is 6.08. The monoisotopic (exact) mass is 306 g/mol. The molecule has 0 amide bonds. The first-order valence-electron chi connectivity index (χ1n) is 7.58. The first-order valence-corrected chi connectivity index (χ1v) is 7.58. The van der Waals surface area contributed by atoms with Crippen LogP contribution >= 0.6 is 0 Å². The summed E-state index contributed by atoms with van der Waals surface area (Å²) < 4.78 is 1.84. The lowest BCUT2D eigenvalue weighted by Gasteiger charge is -2.10. The Morgan fingerprint density at radius 2 is 1.83 bits per heavy atom. The first-order chi connectivity index (χ1) is 11.1. The molecule has 0 saturated carbocycles.